The van der Waals surface area contributed by atoms with Gasteiger partial charge >= 0.3 is 5.97 Å². The van der Waals surface area contributed by atoms with E-state index in [1.165, 1.54) is 12.1 Å². The minimum atomic E-state index is -0.826. The maximum absolute atomic E-state index is 11.9. The molecule has 0 saturated heterocycles. The molecule has 1 aromatic carbocycles. The largest absolute Gasteiger partial charge is 0.508 e. The molecule has 0 fully saturated rings. The third-order valence-electron chi connectivity index (χ3n) is 2.92. The Bertz CT molecular complexity index is 471. The van der Waals surface area contributed by atoms with Crippen LogP contribution in [-0.4, -0.2) is 28.6 Å². The number of rotatable bonds is 6. The van der Waals surface area contributed by atoms with E-state index >= 15 is 0 Å². The molecule has 0 aromatic heterocycles. The number of aryl methyl sites for hydroxylation is 1. The first-order valence-electron chi connectivity index (χ1n) is 6.19. The number of aromatic hydroxyl groups is 1. The van der Waals surface area contributed by atoms with Gasteiger partial charge in [0.1, 0.15) is 5.75 Å². The number of hydrogen-bond donors (Lipinski definition) is 3. The van der Waals surface area contributed by atoms with Crippen LogP contribution < -0.4 is 5.32 Å². The average Bonchev–Trinajstić information content (AvgIpc) is 2.33. The van der Waals surface area contributed by atoms with E-state index in [-0.39, 0.29) is 24.0 Å². The van der Waals surface area contributed by atoms with Crippen molar-refractivity contribution >= 4 is 11.9 Å². The molecule has 0 aliphatic carbocycles. The second-order valence-corrected chi connectivity index (χ2v) is 4.75. The van der Waals surface area contributed by atoms with Gasteiger partial charge in [-0.2, -0.15) is 0 Å². The van der Waals surface area contributed by atoms with Crippen molar-refractivity contribution in [3.8, 4) is 5.75 Å². The highest BCUT2D eigenvalue weighted by atomic mass is 16.4. The van der Waals surface area contributed by atoms with Crippen LogP contribution in [-0.2, 0) is 4.79 Å². The molecule has 19 heavy (non-hydrogen) atoms. The SMILES string of the molecule is Cc1cc(O)ccc1C(=O)NCC(C)CCC(=O)O. The number of amides is 1. The summed E-state index contributed by atoms with van der Waals surface area (Å²) >= 11 is 0. The average molecular weight is 265 g/mol. The summed E-state index contributed by atoms with van der Waals surface area (Å²) < 4.78 is 0. The Morgan fingerprint density at radius 2 is 2.05 bits per heavy atom. The molecule has 1 aromatic rings. The Morgan fingerprint density at radius 3 is 2.63 bits per heavy atom. The van der Waals surface area contributed by atoms with Crippen molar-refractivity contribution in [2.24, 2.45) is 5.92 Å². The molecule has 0 spiro atoms. The molecular formula is C14H19NO4. The van der Waals surface area contributed by atoms with Crippen molar-refractivity contribution in [1.29, 1.82) is 0 Å². The van der Waals surface area contributed by atoms with Crippen molar-refractivity contribution in [3.05, 3.63) is 29.3 Å². The van der Waals surface area contributed by atoms with Crippen LogP contribution in [0.1, 0.15) is 35.7 Å². The van der Waals surface area contributed by atoms with Crippen LogP contribution in [0.5, 0.6) is 5.75 Å². The Labute approximate surface area is 112 Å². The number of nitrogens with one attached hydrogen (secondary N) is 1. The predicted molar refractivity (Wildman–Crippen MR) is 71.2 cm³/mol. The van der Waals surface area contributed by atoms with E-state index in [0.29, 0.717) is 24.1 Å². The molecule has 0 bridgehead atoms. The van der Waals surface area contributed by atoms with Gasteiger partial charge in [-0.3, -0.25) is 9.59 Å². The Kier molecular flexibility index (Phi) is 5.36. The number of carbonyl (C=O) groups excluding carboxylic acids is 1. The summed E-state index contributed by atoms with van der Waals surface area (Å²) in [5.74, 6) is -0.798. The van der Waals surface area contributed by atoms with Crippen LogP contribution in [0.3, 0.4) is 0 Å². The van der Waals surface area contributed by atoms with Gasteiger partial charge in [0.05, 0.1) is 0 Å². The number of carboxylic acids is 1. The molecule has 0 aliphatic rings. The number of carboxylic acid groups (broad SMARTS) is 1. The van der Waals surface area contributed by atoms with Gasteiger partial charge in [-0.1, -0.05) is 6.92 Å². The van der Waals surface area contributed by atoms with E-state index in [0.717, 1.165) is 0 Å². The number of phenolic OH excluding ortho intramolecular Hbond substituents is 1. The summed E-state index contributed by atoms with van der Waals surface area (Å²) in [7, 11) is 0. The predicted octanol–water partition coefficient (Wildman–Crippen LogP) is 1.93. The summed E-state index contributed by atoms with van der Waals surface area (Å²) in [6.07, 6.45) is 0.638. The standard InChI is InChI=1S/C14H19NO4/c1-9(3-6-13(17)18)8-15-14(19)12-5-4-11(16)7-10(12)2/h4-5,7,9,16H,3,6,8H2,1-2H3,(H,15,19)(H,17,18). The van der Waals surface area contributed by atoms with Crippen LogP contribution in [0.15, 0.2) is 18.2 Å². The number of hydrogen-bond acceptors (Lipinski definition) is 3. The Morgan fingerprint density at radius 1 is 1.37 bits per heavy atom. The lowest BCUT2D eigenvalue weighted by Crippen LogP contribution is -2.29. The van der Waals surface area contributed by atoms with Crippen LogP contribution in [0.25, 0.3) is 0 Å². The van der Waals surface area contributed by atoms with Crippen molar-refractivity contribution in [2.75, 3.05) is 6.54 Å². The summed E-state index contributed by atoms with van der Waals surface area (Å²) in [5.41, 5.74) is 1.22. The van der Waals surface area contributed by atoms with Crippen molar-refractivity contribution in [1.82, 2.24) is 5.32 Å². The highest BCUT2D eigenvalue weighted by Gasteiger charge is 2.11. The molecule has 0 aliphatic heterocycles. The summed E-state index contributed by atoms with van der Waals surface area (Å²) in [6, 6.07) is 4.57. The molecule has 5 heteroatoms. The lowest BCUT2D eigenvalue weighted by atomic mass is 10.0. The highest BCUT2D eigenvalue weighted by Crippen LogP contribution is 2.15. The number of aliphatic carboxylic acids is 1. The van der Waals surface area contributed by atoms with Gasteiger partial charge in [0.25, 0.3) is 5.91 Å². The second-order valence-electron chi connectivity index (χ2n) is 4.75. The number of carbonyl (C=O) groups is 2. The van der Waals surface area contributed by atoms with Crippen molar-refractivity contribution < 1.29 is 19.8 Å². The fraction of sp³-hybridized carbons (Fsp3) is 0.429. The lowest BCUT2D eigenvalue weighted by molar-refractivity contribution is -0.137. The molecule has 1 amide bonds. The van der Waals surface area contributed by atoms with Crippen LogP contribution >= 0.6 is 0 Å². The smallest absolute Gasteiger partial charge is 0.303 e. The van der Waals surface area contributed by atoms with Crippen LogP contribution in [0.2, 0.25) is 0 Å². The minimum absolute atomic E-state index is 0.106. The zero-order valence-corrected chi connectivity index (χ0v) is 11.1. The molecule has 0 saturated carbocycles. The lowest BCUT2D eigenvalue weighted by Gasteiger charge is -2.12. The van der Waals surface area contributed by atoms with E-state index in [9.17, 15) is 14.7 Å². The molecule has 1 atom stereocenters. The maximum atomic E-state index is 11.9. The molecule has 0 radical (unpaired) electrons. The van der Waals surface area contributed by atoms with Crippen LogP contribution in [0.4, 0.5) is 0 Å². The normalized spacial score (nSPS) is 11.9. The van der Waals surface area contributed by atoms with Gasteiger partial charge in [-0.05, 0) is 43.0 Å². The van der Waals surface area contributed by atoms with Gasteiger partial charge in [0, 0.05) is 18.5 Å². The Hall–Kier alpha value is -2.04. The van der Waals surface area contributed by atoms with Crippen LogP contribution in [0, 0.1) is 12.8 Å². The maximum Gasteiger partial charge on any atom is 0.303 e. The van der Waals surface area contributed by atoms with Gasteiger partial charge in [0.15, 0.2) is 0 Å². The molecule has 0 heterocycles. The molecule has 104 valence electrons. The van der Waals surface area contributed by atoms with E-state index in [4.69, 9.17) is 5.11 Å². The monoisotopic (exact) mass is 265 g/mol. The van der Waals surface area contributed by atoms with Crippen molar-refractivity contribution in [3.63, 3.8) is 0 Å². The highest BCUT2D eigenvalue weighted by molar-refractivity contribution is 5.95. The number of benzene rings is 1. The summed E-state index contributed by atoms with van der Waals surface area (Å²) in [5, 5.41) is 20.6. The zero-order chi connectivity index (χ0) is 14.4. The summed E-state index contributed by atoms with van der Waals surface area (Å²) in [4.78, 5) is 22.3. The summed E-state index contributed by atoms with van der Waals surface area (Å²) in [6.45, 7) is 4.09. The van der Waals surface area contributed by atoms with E-state index in [1.807, 2.05) is 6.92 Å². The fourth-order valence-corrected chi connectivity index (χ4v) is 1.74. The first-order chi connectivity index (χ1) is 8.90. The fourth-order valence-electron chi connectivity index (χ4n) is 1.74. The minimum Gasteiger partial charge on any atom is -0.508 e. The topological polar surface area (TPSA) is 86.6 Å². The molecule has 3 N–H and O–H groups in total. The van der Waals surface area contributed by atoms with Gasteiger partial charge in [0.2, 0.25) is 0 Å². The first kappa shape index (κ1) is 15.0. The van der Waals surface area contributed by atoms with Gasteiger partial charge in [-0.25, -0.2) is 0 Å². The van der Waals surface area contributed by atoms with Gasteiger partial charge in [-0.15, -0.1) is 0 Å². The van der Waals surface area contributed by atoms with E-state index < -0.39 is 5.97 Å². The molecule has 5 nitrogen and oxygen atoms in total. The Balaban J connectivity index is 2.49. The third kappa shape index (κ3) is 4.99. The van der Waals surface area contributed by atoms with E-state index in [2.05, 4.69) is 5.32 Å². The second kappa shape index (κ2) is 6.78. The molecule has 1 unspecified atom stereocenters. The van der Waals surface area contributed by atoms with E-state index in [1.54, 1.807) is 13.0 Å². The van der Waals surface area contributed by atoms with Crippen molar-refractivity contribution in [2.45, 2.75) is 26.7 Å². The molecule has 1 rings (SSSR count). The number of phenols is 1. The molecular weight excluding hydrogens is 246 g/mol. The zero-order valence-electron chi connectivity index (χ0n) is 11.1. The third-order valence-corrected chi connectivity index (χ3v) is 2.92. The first-order valence-corrected chi connectivity index (χ1v) is 6.19. The van der Waals surface area contributed by atoms with Gasteiger partial charge < -0.3 is 15.5 Å². The quantitative estimate of drug-likeness (QED) is 0.733.